The maximum absolute atomic E-state index is 11.9. The van der Waals surface area contributed by atoms with Crippen LogP contribution in [0, 0.1) is 5.92 Å². The Morgan fingerprint density at radius 1 is 1.19 bits per heavy atom. The van der Waals surface area contributed by atoms with Crippen molar-refractivity contribution < 1.29 is 4.79 Å². The number of amides is 1. The van der Waals surface area contributed by atoms with Gasteiger partial charge in [0.15, 0.2) is 5.96 Å². The quantitative estimate of drug-likeness (QED) is 0.199. The molecule has 7 heteroatoms. The van der Waals surface area contributed by atoms with Gasteiger partial charge in [-0.15, -0.1) is 24.0 Å². The largest absolute Gasteiger partial charge is 0.357 e. The summed E-state index contributed by atoms with van der Waals surface area (Å²) in [4.78, 5) is 20.6. The molecular formula is C19H34IN5O. The van der Waals surface area contributed by atoms with Crippen molar-refractivity contribution in [2.45, 2.75) is 46.5 Å². The second-order valence-corrected chi connectivity index (χ2v) is 6.06. The number of hydrogen-bond donors (Lipinski definition) is 3. The molecule has 1 heterocycles. The summed E-state index contributed by atoms with van der Waals surface area (Å²) in [6.07, 6.45) is 8.10. The molecular weight excluding hydrogens is 441 g/mol. The fraction of sp³-hybridized carbons (Fsp3) is 0.632. The minimum absolute atomic E-state index is 0. The molecule has 26 heavy (non-hydrogen) atoms. The second-order valence-electron chi connectivity index (χ2n) is 6.06. The van der Waals surface area contributed by atoms with Crippen LogP contribution >= 0.6 is 24.0 Å². The SMILES string of the molecule is CCCCC(CC)CN=C(NCC)NCCNC(=O)c1cccnc1.I. The summed E-state index contributed by atoms with van der Waals surface area (Å²) in [6.45, 7) is 9.32. The lowest BCUT2D eigenvalue weighted by atomic mass is 10.00. The van der Waals surface area contributed by atoms with Gasteiger partial charge in [-0.25, -0.2) is 0 Å². The zero-order valence-corrected chi connectivity index (χ0v) is 18.6. The lowest BCUT2D eigenvalue weighted by Gasteiger charge is -2.15. The van der Waals surface area contributed by atoms with Crippen LogP contribution in [0.4, 0.5) is 0 Å². The lowest BCUT2D eigenvalue weighted by Crippen LogP contribution is -2.41. The van der Waals surface area contributed by atoms with Gasteiger partial charge in [-0.05, 0) is 31.4 Å². The molecule has 0 bridgehead atoms. The van der Waals surface area contributed by atoms with Crippen molar-refractivity contribution in [3.63, 3.8) is 0 Å². The van der Waals surface area contributed by atoms with E-state index in [1.807, 2.05) is 0 Å². The molecule has 0 spiro atoms. The summed E-state index contributed by atoms with van der Waals surface area (Å²) in [6, 6.07) is 3.51. The normalized spacial score (nSPS) is 12.0. The molecule has 0 aliphatic heterocycles. The summed E-state index contributed by atoms with van der Waals surface area (Å²) in [5.41, 5.74) is 0.574. The Hall–Kier alpha value is -1.38. The topological polar surface area (TPSA) is 78.4 Å². The van der Waals surface area contributed by atoms with Gasteiger partial charge < -0.3 is 16.0 Å². The van der Waals surface area contributed by atoms with Gasteiger partial charge in [0.05, 0.1) is 5.56 Å². The maximum Gasteiger partial charge on any atom is 0.252 e. The minimum Gasteiger partial charge on any atom is -0.357 e. The molecule has 0 saturated heterocycles. The van der Waals surface area contributed by atoms with Crippen molar-refractivity contribution in [1.29, 1.82) is 0 Å². The average Bonchev–Trinajstić information content (AvgIpc) is 2.65. The van der Waals surface area contributed by atoms with E-state index < -0.39 is 0 Å². The highest BCUT2D eigenvalue weighted by molar-refractivity contribution is 14.0. The number of rotatable bonds is 11. The van der Waals surface area contributed by atoms with Gasteiger partial charge in [0.25, 0.3) is 5.91 Å². The van der Waals surface area contributed by atoms with Crippen molar-refractivity contribution in [3.8, 4) is 0 Å². The van der Waals surface area contributed by atoms with E-state index in [2.05, 4.69) is 46.7 Å². The van der Waals surface area contributed by atoms with Crippen LogP contribution in [0.2, 0.25) is 0 Å². The molecule has 6 nitrogen and oxygen atoms in total. The highest BCUT2D eigenvalue weighted by Gasteiger charge is 2.07. The van der Waals surface area contributed by atoms with Crippen molar-refractivity contribution in [2.24, 2.45) is 10.9 Å². The summed E-state index contributed by atoms with van der Waals surface area (Å²) in [5.74, 6) is 1.34. The Balaban J connectivity index is 0.00000625. The predicted octanol–water partition coefficient (Wildman–Crippen LogP) is 3.20. The van der Waals surface area contributed by atoms with E-state index in [1.54, 1.807) is 24.5 Å². The Morgan fingerprint density at radius 2 is 1.96 bits per heavy atom. The third kappa shape index (κ3) is 10.6. The Labute approximate surface area is 175 Å². The number of carbonyl (C=O) groups excluding carboxylic acids is 1. The number of hydrogen-bond acceptors (Lipinski definition) is 3. The molecule has 0 aliphatic carbocycles. The first kappa shape index (κ1) is 24.6. The number of carbonyl (C=O) groups is 1. The molecule has 1 atom stereocenters. The van der Waals surface area contributed by atoms with Crippen LogP contribution in [0.25, 0.3) is 0 Å². The number of pyridine rings is 1. The van der Waals surface area contributed by atoms with Crippen LogP contribution < -0.4 is 16.0 Å². The molecule has 0 fully saturated rings. The molecule has 148 valence electrons. The fourth-order valence-corrected chi connectivity index (χ4v) is 2.44. The molecule has 0 saturated carbocycles. The maximum atomic E-state index is 11.9. The number of aromatic nitrogens is 1. The first-order valence-electron chi connectivity index (χ1n) is 9.41. The number of halogens is 1. The summed E-state index contributed by atoms with van der Waals surface area (Å²) >= 11 is 0. The fourth-order valence-electron chi connectivity index (χ4n) is 2.44. The Bertz CT molecular complexity index is 510. The number of aliphatic imine (C=N–C) groups is 1. The van der Waals surface area contributed by atoms with E-state index in [4.69, 9.17) is 0 Å². The van der Waals surface area contributed by atoms with Gasteiger partial charge in [-0.3, -0.25) is 14.8 Å². The molecule has 1 rings (SSSR count). The summed E-state index contributed by atoms with van der Waals surface area (Å²) in [7, 11) is 0. The Kier molecular flexibility index (Phi) is 15.0. The van der Waals surface area contributed by atoms with Gasteiger partial charge >= 0.3 is 0 Å². The summed E-state index contributed by atoms with van der Waals surface area (Å²) < 4.78 is 0. The van der Waals surface area contributed by atoms with E-state index in [0.29, 0.717) is 24.6 Å². The number of nitrogens with one attached hydrogen (secondary N) is 3. The molecule has 1 unspecified atom stereocenters. The lowest BCUT2D eigenvalue weighted by molar-refractivity contribution is 0.0954. The van der Waals surface area contributed by atoms with E-state index in [-0.39, 0.29) is 29.9 Å². The molecule has 1 aromatic rings. The van der Waals surface area contributed by atoms with Crippen molar-refractivity contribution >= 4 is 35.8 Å². The third-order valence-electron chi connectivity index (χ3n) is 4.02. The molecule has 0 aromatic carbocycles. The van der Waals surface area contributed by atoms with Crippen LogP contribution in [0.15, 0.2) is 29.5 Å². The highest BCUT2D eigenvalue weighted by atomic mass is 127. The van der Waals surface area contributed by atoms with Gasteiger partial charge in [-0.2, -0.15) is 0 Å². The molecule has 1 aromatic heterocycles. The molecule has 0 radical (unpaired) electrons. The molecule has 1 amide bonds. The number of nitrogens with zero attached hydrogens (tertiary/aromatic N) is 2. The van der Waals surface area contributed by atoms with E-state index in [1.165, 1.54) is 19.3 Å². The highest BCUT2D eigenvalue weighted by Crippen LogP contribution is 2.12. The van der Waals surface area contributed by atoms with Gasteiger partial charge in [-0.1, -0.05) is 33.1 Å². The van der Waals surface area contributed by atoms with Crippen LogP contribution in [-0.2, 0) is 0 Å². The number of guanidine groups is 1. The second kappa shape index (κ2) is 15.8. The zero-order chi connectivity index (χ0) is 18.3. The zero-order valence-electron chi connectivity index (χ0n) is 16.3. The van der Waals surface area contributed by atoms with Gasteiger partial charge in [0.2, 0.25) is 0 Å². The van der Waals surface area contributed by atoms with E-state index in [0.717, 1.165) is 25.5 Å². The smallest absolute Gasteiger partial charge is 0.252 e. The van der Waals surface area contributed by atoms with Crippen LogP contribution in [0.1, 0.15) is 56.8 Å². The standard InChI is InChI=1S/C19H33N5O.HI/c1-4-7-9-16(5-2)14-24-19(21-6-3)23-13-12-22-18(25)17-10-8-11-20-15-17;/h8,10-11,15-16H,4-7,9,12-14H2,1-3H3,(H,22,25)(H2,21,23,24);1H. The van der Waals surface area contributed by atoms with Crippen LogP contribution in [-0.4, -0.2) is 43.0 Å². The monoisotopic (exact) mass is 475 g/mol. The van der Waals surface area contributed by atoms with Gasteiger partial charge in [0.1, 0.15) is 0 Å². The Morgan fingerprint density at radius 3 is 2.58 bits per heavy atom. The van der Waals surface area contributed by atoms with Crippen molar-refractivity contribution in [3.05, 3.63) is 30.1 Å². The first-order chi connectivity index (χ1) is 12.2. The molecule has 3 N–H and O–H groups in total. The summed E-state index contributed by atoms with van der Waals surface area (Å²) in [5, 5.41) is 9.40. The molecule has 0 aliphatic rings. The minimum atomic E-state index is -0.109. The van der Waals surface area contributed by atoms with Crippen molar-refractivity contribution in [1.82, 2.24) is 20.9 Å². The number of unbranched alkanes of at least 4 members (excludes halogenated alkanes) is 1. The van der Waals surface area contributed by atoms with Crippen molar-refractivity contribution in [2.75, 3.05) is 26.2 Å². The van der Waals surface area contributed by atoms with Gasteiger partial charge in [0, 0.05) is 38.6 Å². The average molecular weight is 475 g/mol. The third-order valence-corrected chi connectivity index (χ3v) is 4.02. The first-order valence-corrected chi connectivity index (χ1v) is 9.41. The predicted molar refractivity (Wildman–Crippen MR) is 119 cm³/mol. The van der Waals surface area contributed by atoms with Crippen LogP contribution in [0.3, 0.4) is 0 Å². The van der Waals surface area contributed by atoms with E-state index >= 15 is 0 Å². The van der Waals surface area contributed by atoms with Crippen LogP contribution in [0.5, 0.6) is 0 Å². The van der Waals surface area contributed by atoms with E-state index in [9.17, 15) is 4.79 Å².